The molecule has 3 nitrogen and oxygen atoms in total. The number of ether oxygens (including phenoxy) is 1. The lowest BCUT2D eigenvalue weighted by atomic mass is 10.2. The zero-order valence-electron chi connectivity index (χ0n) is 12.3. The Hall–Kier alpha value is -1.48. The first-order valence-corrected chi connectivity index (χ1v) is 7.82. The smallest absolute Gasteiger partial charge is 0.120 e. The number of fused-ring (bicyclic) bond motifs is 1. The highest BCUT2D eigenvalue weighted by Gasteiger charge is 2.19. The van der Waals surface area contributed by atoms with Crippen LogP contribution in [-0.2, 0) is 6.54 Å². The van der Waals surface area contributed by atoms with E-state index in [4.69, 9.17) is 4.74 Å². The summed E-state index contributed by atoms with van der Waals surface area (Å²) in [5, 5.41) is 4.84. The molecule has 1 heterocycles. The highest BCUT2D eigenvalue weighted by Crippen LogP contribution is 2.22. The summed E-state index contributed by atoms with van der Waals surface area (Å²) in [7, 11) is 0. The molecule has 0 bridgehead atoms. The second-order valence-corrected chi connectivity index (χ2v) is 5.66. The standard InChI is InChI=1S/C17H24N2O/c1-2-12-20-16-6-7-17-14(13-16)8-11-19(17)10-3-9-18-15-4-5-15/h6-8,11,13,15,18H,2-5,9-10,12H2,1H3. The number of benzene rings is 1. The molecule has 20 heavy (non-hydrogen) atoms. The van der Waals surface area contributed by atoms with Crippen molar-refractivity contribution in [2.24, 2.45) is 0 Å². The van der Waals surface area contributed by atoms with Gasteiger partial charge in [0.2, 0.25) is 0 Å². The molecular formula is C17H24N2O. The van der Waals surface area contributed by atoms with Crippen LogP contribution in [0.4, 0.5) is 0 Å². The Bertz CT molecular complexity index is 557. The fourth-order valence-corrected chi connectivity index (χ4v) is 2.53. The molecule has 3 rings (SSSR count). The number of rotatable bonds is 8. The van der Waals surface area contributed by atoms with Crippen LogP contribution in [0.5, 0.6) is 5.75 Å². The fourth-order valence-electron chi connectivity index (χ4n) is 2.53. The Kier molecular flexibility index (Phi) is 4.26. The first-order valence-electron chi connectivity index (χ1n) is 7.82. The van der Waals surface area contributed by atoms with Crippen LogP contribution in [0.1, 0.15) is 32.6 Å². The molecule has 2 aromatic rings. The van der Waals surface area contributed by atoms with Crippen molar-refractivity contribution in [3.8, 4) is 5.75 Å². The molecule has 1 aliphatic carbocycles. The van der Waals surface area contributed by atoms with Crippen molar-refractivity contribution in [1.82, 2.24) is 9.88 Å². The summed E-state index contributed by atoms with van der Waals surface area (Å²) in [4.78, 5) is 0. The molecule has 1 aromatic carbocycles. The van der Waals surface area contributed by atoms with Gasteiger partial charge in [0.25, 0.3) is 0 Å². The van der Waals surface area contributed by atoms with Crippen LogP contribution in [0.2, 0.25) is 0 Å². The van der Waals surface area contributed by atoms with Gasteiger partial charge < -0.3 is 14.6 Å². The summed E-state index contributed by atoms with van der Waals surface area (Å²) in [6.45, 7) is 5.13. The van der Waals surface area contributed by atoms with Gasteiger partial charge in [0.05, 0.1) is 6.61 Å². The third-order valence-corrected chi connectivity index (χ3v) is 3.80. The SMILES string of the molecule is CCCOc1ccc2c(ccn2CCCNC2CC2)c1. The molecule has 0 unspecified atom stereocenters. The maximum atomic E-state index is 5.69. The molecule has 0 aliphatic heterocycles. The number of hydrogen-bond acceptors (Lipinski definition) is 2. The van der Waals surface area contributed by atoms with Crippen molar-refractivity contribution >= 4 is 10.9 Å². The first kappa shape index (κ1) is 13.5. The van der Waals surface area contributed by atoms with Gasteiger partial charge in [-0.25, -0.2) is 0 Å². The van der Waals surface area contributed by atoms with Crippen LogP contribution in [0.15, 0.2) is 30.5 Å². The molecule has 1 aromatic heterocycles. The van der Waals surface area contributed by atoms with Crippen LogP contribution in [0.25, 0.3) is 10.9 Å². The van der Waals surface area contributed by atoms with Crippen LogP contribution < -0.4 is 10.1 Å². The zero-order chi connectivity index (χ0) is 13.8. The van der Waals surface area contributed by atoms with E-state index in [1.54, 1.807) is 0 Å². The molecule has 1 saturated carbocycles. The highest BCUT2D eigenvalue weighted by molar-refractivity contribution is 5.81. The fraction of sp³-hybridized carbons (Fsp3) is 0.529. The van der Waals surface area contributed by atoms with E-state index in [-0.39, 0.29) is 0 Å². The van der Waals surface area contributed by atoms with Crippen molar-refractivity contribution < 1.29 is 4.74 Å². The van der Waals surface area contributed by atoms with E-state index in [1.165, 1.54) is 30.2 Å². The minimum Gasteiger partial charge on any atom is -0.494 e. The second-order valence-electron chi connectivity index (χ2n) is 5.66. The molecule has 0 spiro atoms. The zero-order valence-corrected chi connectivity index (χ0v) is 12.3. The molecule has 0 saturated heterocycles. The van der Waals surface area contributed by atoms with Gasteiger partial charge in [-0.2, -0.15) is 0 Å². The van der Waals surface area contributed by atoms with Gasteiger partial charge in [-0.05, 0) is 56.5 Å². The van der Waals surface area contributed by atoms with E-state index in [9.17, 15) is 0 Å². The molecule has 1 fully saturated rings. The minimum atomic E-state index is 0.791. The van der Waals surface area contributed by atoms with Gasteiger partial charge in [-0.1, -0.05) is 6.92 Å². The summed E-state index contributed by atoms with van der Waals surface area (Å²) >= 11 is 0. The van der Waals surface area contributed by atoms with E-state index < -0.39 is 0 Å². The lowest BCUT2D eigenvalue weighted by Gasteiger charge is -2.08. The van der Waals surface area contributed by atoms with E-state index in [1.807, 2.05) is 0 Å². The van der Waals surface area contributed by atoms with Gasteiger partial charge >= 0.3 is 0 Å². The van der Waals surface area contributed by atoms with Gasteiger partial charge in [-0.15, -0.1) is 0 Å². The summed E-state index contributed by atoms with van der Waals surface area (Å²) < 4.78 is 8.03. The highest BCUT2D eigenvalue weighted by atomic mass is 16.5. The van der Waals surface area contributed by atoms with Crippen molar-refractivity contribution in [3.05, 3.63) is 30.5 Å². The molecule has 0 atom stereocenters. The number of aryl methyl sites for hydroxylation is 1. The third kappa shape index (κ3) is 3.34. The average molecular weight is 272 g/mol. The normalized spacial score (nSPS) is 14.8. The molecule has 3 heteroatoms. The van der Waals surface area contributed by atoms with E-state index in [2.05, 4.69) is 47.3 Å². The lowest BCUT2D eigenvalue weighted by Crippen LogP contribution is -2.18. The van der Waals surface area contributed by atoms with Crippen LogP contribution in [0.3, 0.4) is 0 Å². The molecular weight excluding hydrogens is 248 g/mol. The second kappa shape index (κ2) is 6.31. The molecule has 0 amide bonds. The molecule has 0 radical (unpaired) electrons. The molecule has 1 N–H and O–H groups in total. The maximum absolute atomic E-state index is 5.69. The van der Waals surface area contributed by atoms with Crippen LogP contribution in [-0.4, -0.2) is 23.8 Å². The van der Waals surface area contributed by atoms with Crippen LogP contribution in [0, 0.1) is 0 Å². The van der Waals surface area contributed by atoms with Crippen LogP contribution >= 0.6 is 0 Å². The van der Waals surface area contributed by atoms with E-state index in [0.29, 0.717) is 0 Å². The topological polar surface area (TPSA) is 26.2 Å². The number of aromatic nitrogens is 1. The Morgan fingerprint density at radius 1 is 1.30 bits per heavy atom. The van der Waals surface area contributed by atoms with Gasteiger partial charge in [0.15, 0.2) is 0 Å². The van der Waals surface area contributed by atoms with E-state index in [0.717, 1.165) is 37.9 Å². The summed E-state index contributed by atoms with van der Waals surface area (Å²) in [5.41, 5.74) is 1.31. The van der Waals surface area contributed by atoms with Crippen molar-refractivity contribution in [3.63, 3.8) is 0 Å². The Balaban J connectivity index is 1.59. The van der Waals surface area contributed by atoms with Gasteiger partial charge in [0, 0.05) is 29.7 Å². The molecule has 108 valence electrons. The third-order valence-electron chi connectivity index (χ3n) is 3.80. The van der Waals surface area contributed by atoms with Gasteiger partial charge in [-0.3, -0.25) is 0 Å². The largest absolute Gasteiger partial charge is 0.494 e. The summed E-state index contributed by atoms with van der Waals surface area (Å²) in [6.07, 6.45) is 7.16. The summed E-state index contributed by atoms with van der Waals surface area (Å²) in [6, 6.07) is 9.40. The van der Waals surface area contributed by atoms with Crippen molar-refractivity contribution in [1.29, 1.82) is 0 Å². The Morgan fingerprint density at radius 2 is 2.20 bits per heavy atom. The maximum Gasteiger partial charge on any atom is 0.120 e. The monoisotopic (exact) mass is 272 g/mol. The number of hydrogen-bond donors (Lipinski definition) is 1. The molecule has 1 aliphatic rings. The predicted octanol–water partition coefficient (Wildman–Crippen LogP) is 3.57. The quantitative estimate of drug-likeness (QED) is 0.743. The van der Waals surface area contributed by atoms with E-state index >= 15 is 0 Å². The lowest BCUT2D eigenvalue weighted by molar-refractivity contribution is 0.318. The number of nitrogens with zero attached hydrogens (tertiary/aromatic N) is 1. The minimum absolute atomic E-state index is 0.791. The summed E-state index contributed by atoms with van der Waals surface area (Å²) in [5.74, 6) is 0.979. The van der Waals surface area contributed by atoms with Crippen molar-refractivity contribution in [2.75, 3.05) is 13.2 Å². The van der Waals surface area contributed by atoms with Crippen molar-refractivity contribution in [2.45, 2.75) is 45.2 Å². The Labute approximate surface area is 120 Å². The predicted molar refractivity (Wildman–Crippen MR) is 83.4 cm³/mol. The average Bonchev–Trinajstić information content (AvgIpc) is 3.21. The number of nitrogens with one attached hydrogen (secondary N) is 1. The van der Waals surface area contributed by atoms with Gasteiger partial charge in [0.1, 0.15) is 5.75 Å². The Morgan fingerprint density at radius 3 is 3.00 bits per heavy atom. The first-order chi connectivity index (χ1) is 9.86.